The average Bonchev–Trinajstić information content (AvgIpc) is 3.38. The summed E-state index contributed by atoms with van der Waals surface area (Å²) in [5.74, 6) is -0.605. The van der Waals surface area contributed by atoms with Gasteiger partial charge in [-0.1, -0.05) is 290 Å². The van der Waals surface area contributed by atoms with Gasteiger partial charge in [-0.05, 0) is 38.5 Å². The molecule has 9 nitrogen and oxygen atoms in total. The summed E-state index contributed by atoms with van der Waals surface area (Å²) in [5, 5.41) is 0. The number of hydrogen-bond donors (Lipinski definition) is 0. The molecule has 0 aliphatic carbocycles. The van der Waals surface area contributed by atoms with E-state index in [1.807, 2.05) is 0 Å². The number of unbranched alkanes of at least 4 members (excludes halogenated alkanes) is 42. The molecule has 3 aliphatic heterocycles. The Hall–Kier alpha value is -1.71. The standard InChI is InChI=1S/C24H46O3.C20H38O3.C19H36O3/c1-2-3-4-5-6-7-8-9-10-11-12-13-14-15-16-17-18-19-20-23-21-26-22-24(25)27-23;1-2-3-4-5-6-7-8-9-10-11-12-13-14-15-16-19-17-22-18-20(21)23-19;1-2-3-4-5-6-7-8-9-10-11-12-13-14-15-18-16-21-17-19(20)22-18/h23H,2-22H2,1H3;19H,2-18H2,1H3;18H,2-17H2,1H3. The Morgan fingerprint density at radius 2 is 0.403 bits per heavy atom. The van der Waals surface area contributed by atoms with Gasteiger partial charge in [-0.25, -0.2) is 14.4 Å². The maximum absolute atomic E-state index is 11.1. The Balaban J connectivity index is 0.000000543. The molecule has 0 bridgehead atoms. The minimum atomic E-state index is -0.203. The summed E-state index contributed by atoms with van der Waals surface area (Å²) in [7, 11) is 0. The minimum Gasteiger partial charge on any atom is -0.458 e. The molecule has 3 rings (SSSR count). The summed E-state index contributed by atoms with van der Waals surface area (Å²) in [6.07, 6.45) is 65.0. The molecule has 0 radical (unpaired) electrons. The molecule has 9 heteroatoms. The summed E-state index contributed by atoms with van der Waals surface area (Å²) in [5.41, 5.74) is 0. The lowest BCUT2D eigenvalue weighted by atomic mass is 10.0. The lowest BCUT2D eigenvalue weighted by Gasteiger charge is -2.22. The number of rotatable bonds is 48. The molecule has 0 aromatic heterocycles. The van der Waals surface area contributed by atoms with Gasteiger partial charge in [0.1, 0.15) is 38.1 Å². The second-order valence-electron chi connectivity index (χ2n) is 22.1. The van der Waals surface area contributed by atoms with Crippen molar-refractivity contribution in [2.45, 2.75) is 347 Å². The van der Waals surface area contributed by atoms with Crippen LogP contribution in [0, 0.1) is 0 Å². The van der Waals surface area contributed by atoms with Crippen molar-refractivity contribution in [2.75, 3.05) is 39.6 Å². The van der Waals surface area contributed by atoms with Crippen LogP contribution in [0.15, 0.2) is 0 Å². The van der Waals surface area contributed by atoms with E-state index in [2.05, 4.69) is 20.8 Å². The topological polar surface area (TPSA) is 107 Å². The van der Waals surface area contributed by atoms with Crippen LogP contribution < -0.4 is 0 Å². The first kappa shape index (κ1) is 68.3. The SMILES string of the molecule is CCCCCCCCCCCCCCCC1COCC(=O)O1.CCCCCCCCCCCCCCCCC1COCC(=O)O1.CCCCCCCCCCCCCCCCCCCCC1COCC(=O)O1. The highest BCUT2D eigenvalue weighted by Crippen LogP contribution is 2.19. The predicted molar refractivity (Wildman–Crippen MR) is 301 cm³/mol. The Morgan fingerprint density at radius 3 is 0.556 bits per heavy atom. The third-order valence-corrected chi connectivity index (χ3v) is 14.9. The quantitative estimate of drug-likeness (QED) is 0.0335. The van der Waals surface area contributed by atoms with E-state index in [1.54, 1.807) is 0 Å². The number of cyclic esters (lactones) is 3. The Kier molecular flexibility index (Phi) is 52.7. The molecule has 72 heavy (non-hydrogen) atoms. The molecule has 0 N–H and O–H groups in total. The van der Waals surface area contributed by atoms with Crippen molar-refractivity contribution in [1.82, 2.24) is 0 Å². The molecule has 3 atom stereocenters. The fourth-order valence-corrected chi connectivity index (χ4v) is 10.2. The normalized spacial score (nSPS) is 17.9. The largest absolute Gasteiger partial charge is 0.458 e. The van der Waals surface area contributed by atoms with Crippen LogP contribution in [-0.4, -0.2) is 75.9 Å². The van der Waals surface area contributed by atoms with Crippen LogP contribution in [0.2, 0.25) is 0 Å². The van der Waals surface area contributed by atoms with E-state index in [4.69, 9.17) is 28.4 Å². The molecular weight excluding hydrogens is 901 g/mol. The number of hydrogen-bond acceptors (Lipinski definition) is 9. The van der Waals surface area contributed by atoms with Crippen molar-refractivity contribution in [3.05, 3.63) is 0 Å². The molecule has 0 saturated carbocycles. The third kappa shape index (κ3) is 49.2. The van der Waals surface area contributed by atoms with Gasteiger partial charge >= 0.3 is 17.9 Å². The molecule has 3 fully saturated rings. The third-order valence-electron chi connectivity index (χ3n) is 14.9. The van der Waals surface area contributed by atoms with Crippen LogP contribution in [0.1, 0.15) is 329 Å². The van der Waals surface area contributed by atoms with Crippen molar-refractivity contribution in [2.24, 2.45) is 0 Å². The van der Waals surface area contributed by atoms with Gasteiger partial charge in [-0.15, -0.1) is 0 Å². The van der Waals surface area contributed by atoms with Gasteiger partial charge < -0.3 is 28.4 Å². The lowest BCUT2D eigenvalue weighted by Crippen LogP contribution is -2.32. The van der Waals surface area contributed by atoms with E-state index in [-0.39, 0.29) is 56.0 Å². The second-order valence-corrected chi connectivity index (χ2v) is 22.1. The Labute approximate surface area is 446 Å². The Morgan fingerprint density at radius 1 is 0.250 bits per heavy atom. The summed E-state index contributed by atoms with van der Waals surface area (Å²) >= 11 is 0. The van der Waals surface area contributed by atoms with Crippen molar-refractivity contribution in [1.29, 1.82) is 0 Å². The molecule has 0 aromatic rings. The lowest BCUT2D eigenvalue weighted by molar-refractivity contribution is -0.171. The van der Waals surface area contributed by atoms with Crippen LogP contribution in [0.4, 0.5) is 0 Å². The summed E-state index contributed by atoms with van der Waals surface area (Å²) in [6, 6.07) is 0. The zero-order valence-electron chi connectivity index (χ0n) is 48.1. The van der Waals surface area contributed by atoms with Gasteiger partial charge in [0.2, 0.25) is 0 Å². The van der Waals surface area contributed by atoms with Crippen LogP contribution in [-0.2, 0) is 42.8 Å². The molecule has 0 amide bonds. The first-order valence-electron chi connectivity index (χ1n) is 31.8. The summed E-state index contributed by atoms with van der Waals surface area (Å²) in [6.45, 7) is 9.00. The fourth-order valence-electron chi connectivity index (χ4n) is 10.2. The van der Waals surface area contributed by atoms with Crippen molar-refractivity contribution < 1.29 is 42.8 Å². The zero-order valence-corrected chi connectivity index (χ0v) is 48.1. The van der Waals surface area contributed by atoms with E-state index in [0.717, 1.165) is 38.5 Å². The van der Waals surface area contributed by atoms with Gasteiger partial charge in [0.05, 0.1) is 19.8 Å². The fraction of sp³-hybridized carbons (Fsp3) is 0.952. The molecule has 3 saturated heterocycles. The highest BCUT2D eigenvalue weighted by Gasteiger charge is 2.22. The summed E-state index contributed by atoms with van der Waals surface area (Å²) in [4.78, 5) is 33.3. The highest BCUT2D eigenvalue weighted by molar-refractivity contribution is 5.72. The number of esters is 3. The monoisotopic (exact) mass is 1020 g/mol. The van der Waals surface area contributed by atoms with Crippen LogP contribution in [0.25, 0.3) is 0 Å². The molecule has 0 spiro atoms. The molecule has 3 heterocycles. The zero-order chi connectivity index (χ0) is 51.9. The maximum Gasteiger partial charge on any atom is 0.332 e. The van der Waals surface area contributed by atoms with Gasteiger partial charge in [-0.2, -0.15) is 0 Å². The molecule has 426 valence electrons. The summed E-state index contributed by atoms with van der Waals surface area (Å²) < 4.78 is 31.3. The van der Waals surface area contributed by atoms with Crippen LogP contribution in [0.5, 0.6) is 0 Å². The van der Waals surface area contributed by atoms with Gasteiger partial charge in [0.15, 0.2) is 0 Å². The minimum absolute atomic E-state index is 0.00677. The number of carbonyl (C=O) groups excluding carboxylic acids is 3. The van der Waals surface area contributed by atoms with Crippen molar-refractivity contribution in [3.63, 3.8) is 0 Å². The van der Waals surface area contributed by atoms with Crippen molar-refractivity contribution >= 4 is 17.9 Å². The van der Waals surface area contributed by atoms with E-state index in [1.165, 1.54) is 270 Å². The van der Waals surface area contributed by atoms with Gasteiger partial charge in [-0.3, -0.25) is 0 Å². The first-order chi connectivity index (χ1) is 35.5. The van der Waals surface area contributed by atoms with E-state index in [0.29, 0.717) is 19.8 Å². The Bertz CT molecular complexity index is 1150. The van der Waals surface area contributed by atoms with E-state index >= 15 is 0 Å². The van der Waals surface area contributed by atoms with Gasteiger partial charge in [0.25, 0.3) is 0 Å². The number of carbonyl (C=O) groups is 3. The van der Waals surface area contributed by atoms with Crippen LogP contribution in [0.3, 0.4) is 0 Å². The van der Waals surface area contributed by atoms with E-state index in [9.17, 15) is 14.4 Å². The maximum atomic E-state index is 11.1. The first-order valence-corrected chi connectivity index (χ1v) is 31.8. The smallest absolute Gasteiger partial charge is 0.332 e. The molecular formula is C63H120O9. The van der Waals surface area contributed by atoms with E-state index < -0.39 is 0 Å². The number of ether oxygens (including phenoxy) is 6. The predicted octanol–water partition coefficient (Wildman–Crippen LogP) is 18.6. The second kappa shape index (κ2) is 55.5. The molecule has 3 unspecified atom stereocenters. The molecule has 3 aliphatic rings. The average molecular weight is 1020 g/mol. The van der Waals surface area contributed by atoms with Crippen LogP contribution >= 0.6 is 0 Å². The van der Waals surface area contributed by atoms with Crippen molar-refractivity contribution in [3.8, 4) is 0 Å². The van der Waals surface area contributed by atoms with Gasteiger partial charge in [0, 0.05) is 0 Å². The highest BCUT2D eigenvalue weighted by atomic mass is 16.6. The molecule has 0 aromatic carbocycles.